The van der Waals surface area contributed by atoms with Crippen LogP contribution in [0.15, 0.2) is 54.6 Å². The molecule has 24 heavy (non-hydrogen) atoms. The van der Waals surface area contributed by atoms with Crippen molar-refractivity contribution in [1.29, 1.82) is 5.26 Å². The maximum atomic E-state index is 12.2. The highest BCUT2D eigenvalue weighted by atomic mass is 16.5. The third kappa shape index (κ3) is 5.10. The minimum absolute atomic E-state index is 0.0172. The van der Waals surface area contributed by atoms with Crippen molar-refractivity contribution in [3.05, 3.63) is 71.3 Å². The van der Waals surface area contributed by atoms with E-state index in [0.717, 1.165) is 18.4 Å². The summed E-state index contributed by atoms with van der Waals surface area (Å²) in [6, 6.07) is 17.1. The summed E-state index contributed by atoms with van der Waals surface area (Å²) in [5.41, 5.74) is 2.84. The van der Waals surface area contributed by atoms with Crippen LogP contribution in [0.1, 0.15) is 41.8 Å². The van der Waals surface area contributed by atoms with Crippen molar-refractivity contribution >= 4 is 11.9 Å². The first-order valence-corrected chi connectivity index (χ1v) is 8.10. The molecule has 0 amide bonds. The molecule has 0 aliphatic rings. The highest BCUT2D eigenvalue weighted by Gasteiger charge is 2.03. The molecular weight excluding hydrogens is 298 g/mol. The van der Waals surface area contributed by atoms with Gasteiger partial charge in [0.25, 0.3) is 0 Å². The van der Waals surface area contributed by atoms with Crippen LogP contribution in [-0.2, 0) is 6.42 Å². The fraction of sp³-hybridized carbons (Fsp3) is 0.238. The van der Waals surface area contributed by atoms with Crippen molar-refractivity contribution < 1.29 is 9.53 Å². The number of ether oxygens (including phenoxy) is 1. The summed E-state index contributed by atoms with van der Waals surface area (Å²) in [5.74, 6) is 0.621. The van der Waals surface area contributed by atoms with Crippen molar-refractivity contribution in [2.24, 2.45) is 0 Å². The molecule has 0 radical (unpaired) electrons. The second-order valence-electron chi connectivity index (χ2n) is 5.60. The zero-order chi connectivity index (χ0) is 17.4. The number of carbonyl (C=O) groups is 1. The highest BCUT2D eigenvalue weighted by Crippen LogP contribution is 2.15. The fourth-order valence-electron chi connectivity index (χ4n) is 2.28. The Bertz CT molecular complexity index is 737. The minimum atomic E-state index is -0.483. The fourth-order valence-corrected chi connectivity index (χ4v) is 2.28. The van der Waals surface area contributed by atoms with Crippen LogP contribution in [0.2, 0.25) is 0 Å². The van der Waals surface area contributed by atoms with Crippen LogP contribution in [-0.4, -0.2) is 11.9 Å². The molecule has 0 saturated carbocycles. The number of nitrogens with zero attached hydrogens (tertiary/aromatic N) is 1. The number of nitriles is 1. The van der Waals surface area contributed by atoms with Gasteiger partial charge in [-0.15, -0.1) is 0 Å². The normalized spacial score (nSPS) is 11.9. The number of aryl methyl sites for hydroxylation is 1. The van der Waals surface area contributed by atoms with Crippen molar-refractivity contribution in [2.75, 3.05) is 0 Å². The van der Waals surface area contributed by atoms with Gasteiger partial charge in [-0.3, -0.25) is 4.79 Å². The summed E-state index contributed by atoms with van der Waals surface area (Å²) < 4.78 is 5.39. The minimum Gasteiger partial charge on any atom is -0.476 e. The van der Waals surface area contributed by atoms with Crippen LogP contribution in [0.5, 0.6) is 5.75 Å². The topological polar surface area (TPSA) is 50.1 Å². The van der Waals surface area contributed by atoms with E-state index in [9.17, 15) is 4.79 Å². The van der Waals surface area contributed by atoms with E-state index in [0.29, 0.717) is 11.3 Å². The van der Waals surface area contributed by atoms with Crippen molar-refractivity contribution in [1.82, 2.24) is 0 Å². The Morgan fingerprint density at radius 1 is 1.17 bits per heavy atom. The second-order valence-corrected chi connectivity index (χ2v) is 5.60. The average molecular weight is 319 g/mol. The standard InChI is InChI=1S/C21H21NO2/c1-3-4-17-5-10-19(11-6-17)21(23)14-9-18-7-12-20(13-8-18)24-16(2)15-22/h5-14,16H,3-4H2,1-2H3/b14-9+. The molecule has 0 aromatic heterocycles. The molecule has 0 aliphatic heterocycles. The monoisotopic (exact) mass is 319 g/mol. The number of rotatable bonds is 7. The quantitative estimate of drug-likeness (QED) is 0.542. The Labute approximate surface area is 143 Å². The summed E-state index contributed by atoms with van der Waals surface area (Å²) in [6.45, 7) is 3.83. The number of hydrogen-bond acceptors (Lipinski definition) is 3. The molecule has 3 heteroatoms. The summed E-state index contributed by atoms with van der Waals surface area (Å²) in [5, 5.41) is 8.73. The van der Waals surface area contributed by atoms with Gasteiger partial charge < -0.3 is 4.74 Å². The van der Waals surface area contributed by atoms with Crippen molar-refractivity contribution in [2.45, 2.75) is 32.8 Å². The predicted molar refractivity (Wildman–Crippen MR) is 95.9 cm³/mol. The maximum Gasteiger partial charge on any atom is 0.185 e. The number of benzene rings is 2. The lowest BCUT2D eigenvalue weighted by Crippen LogP contribution is -2.07. The second kappa shape index (κ2) is 8.69. The summed E-state index contributed by atoms with van der Waals surface area (Å²) >= 11 is 0. The maximum absolute atomic E-state index is 12.2. The van der Waals surface area contributed by atoms with Gasteiger partial charge in [0.1, 0.15) is 11.8 Å². The first-order chi connectivity index (χ1) is 11.6. The highest BCUT2D eigenvalue weighted by molar-refractivity contribution is 6.06. The molecule has 0 N–H and O–H groups in total. The SMILES string of the molecule is CCCc1ccc(C(=O)/C=C/c2ccc(OC(C)C#N)cc2)cc1. The zero-order valence-corrected chi connectivity index (χ0v) is 14.0. The van der Waals surface area contributed by atoms with E-state index >= 15 is 0 Å². The van der Waals surface area contributed by atoms with Crippen LogP contribution in [0.25, 0.3) is 6.08 Å². The van der Waals surface area contributed by atoms with E-state index < -0.39 is 6.10 Å². The third-order valence-corrected chi connectivity index (χ3v) is 3.58. The van der Waals surface area contributed by atoms with E-state index in [1.54, 1.807) is 31.2 Å². The molecule has 1 unspecified atom stereocenters. The molecule has 0 aliphatic carbocycles. The van der Waals surface area contributed by atoms with Crippen molar-refractivity contribution in [3.63, 3.8) is 0 Å². The Morgan fingerprint density at radius 2 is 1.83 bits per heavy atom. The largest absolute Gasteiger partial charge is 0.476 e. The summed E-state index contributed by atoms with van der Waals surface area (Å²) in [7, 11) is 0. The number of carbonyl (C=O) groups excluding carboxylic acids is 1. The van der Waals surface area contributed by atoms with E-state index in [1.807, 2.05) is 42.5 Å². The first-order valence-electron chi connectivity index (χ1n) is 8.10. The van der Waals surface area contributed by atoms with Crippen molar-refractivity contribution in [3.8, 4) is 11.8 Å². The lowest BCUT2D eigenvalue weighted by Gasteiger charge is -2.07. The van der Waals surface area contributed by atoms with Crippen LogP contribution in [0.3, 0.4) is 0 Å². The molecule has 0 saturated heterocycles. The van der Waals surface area contributed by atoms with Gasteiger partial charge in [-0.25, -0.2) is 0 Å². The van der Waals surface area contributed by atoms with Crippen LogP contribution < -0.4 is 4.74 Å². The molecule has 0 bridgehead atoms. The number of ketones is 1. The Hall–Kier alpha value is -2.86. The van der Waals surface area contributed by atoms with E-state index in [-0.39, 0.29) is 5.78 Å². The Morgan fingerprint density at radius 3 is 2.42 bits per heavy atom. The molecule has 2 aromatic carbocycles. The van der Waals surface area contributed by atoms with Gasteiger partial charge >= 0.3 is 0 Å². The molecule has 0 spiro atoms. The molecule has 1 atom stereocenters. The molecule has 0 heterocycles. The molecule has 3 nitrogen and oxygen atoms in total. The van der Waals surface area contributed by atoms with E-state index in [4.69, 9.17) is 10.00 Å². The smallest absolute Gasteiger partial charge is 0.185 e. The Kier molecular flexibility index (Phi) is 6.33. The predicted octanol–water partition coefficient (Wildman–Crippen LogP) is 4.83. The third-order valence-electron chi connectivity index (χ3n) is 3.58. The first kappa shape index (κ1) is 17.5. The summed E-state index contributed by atoms with van der Waals surface area (Å²) in [6.07, 6.45) is 5.00. The lowest BCUT2D eigenvalue weighted by molar-refractivity contribution is 0.104. The van der Waals surface area contributed by atoms with Crippen LogP contribution in [0, 0.1) is 11.3 Å². The molecular formula is C21H21NO2. The average Bonchev–Trinajstić information content (AvgIpc) is 2.61. The number of hydrogen-bond donors (Lipinski definition) is 0. The molecule has 2 rings (SSSR count). The van der Waals surface area contributed by atoms with Gasteiger partial charge in [0.2, 0.25) is 0 Å². The summed E-state index contributed by atoms with van der Waals surface area (Å²) in [4.78, 5) is 12.2. The Balaban J connectivity index is 1.99. The number of allylic oxidation sites excluding steroid dienone is 1. The molecule has 0 fully saturated rings. The van der Waals surface area contributed by atoms with E-state index in [1.165, 1.54) is 5.56 Å². The lowest BCUT2D eigenvalue weighted by atomic mass is 10.0. The van der Waals surface area contributed by atoms with E-state index in [2.05, 4.69) is 6.92 Å². The molecule has 2 aromatic rings. The molecule has 122 valence electrons. The van der Waals surface area contributed by atoms with Gasteiger partial charge in [-0.1, -0.05) is 55.8 Å². The van der Waals surface area contributed by atoms with Crippen LogP contribution >= 0.6 is 0 Å². The van der Waals surface area contributed by atoms with Gasteiger partial charge in [-0.2, -0.15) is 5.26 Å². The van der Waals surface area contributed by atoms with Gasteiger partial charge in [0.15, 0.2) is 11.9 Å². The van der Waals surface area contributed by atoms with Gasteiger partial charge in [-0.05, 0) is 42.7 Å². The zero-order valence-electron chi connectivity index (χ0n) is 14.0. The van der Waals surface area contributed by atoms with Crippen LogP contribution in [0.4, 0.5) is 0 Å². The van der Waals surface area contributed by atoms with Gasteiger partial charge in [0, 0.05) is 5.56 Å². The van der Waals surface area contributed by atoms with Gasteiger partial charge in [0.05, 0.1) is 0 Å².